The number of rotatable bonds is 3. The summed E-state index contributed by atoms with van der Waals surface area (Å²) in [7, 11) is 0. The molecule has 0 saturated heterocycles. The zero-order valence-electron chi connectivity index (χ0n) is 18.4. The summed E-state index contributed by atoms with van der Waals surface area (Å²) in [4.78, 5) is 0. The molecule has 0 amide bonds. The van der Waals surface area contributed by atoms with E-state index in [-0.39, 0.29) is 0 Å². The maximum Gasteiger partial charge on any atom is 0.0542 e. The highest BCUT2D eigenvalue weighted by atomic mass is 32.1. The molecular formula is C32H20S2. The fourth-order valence-corrected chi connectivity index (χ4v) is 7.40. The van der Waals surface area contributed by atoms with Crippen molar-refractivity contribution in [3.63, 3.8) is 0 Å². The molecule has 0 spiro atoms. The van der Waals surface area contributed by atoms with Gasteiger partial charge in [-0.1, -0.05) is 103 Å². The molecule has 2 heteroatoms. The molecule has 0 bridgehead atoms. The van der Waals surface area contributed by atoms with Crippen molar-refractivity contribution in [1.82, 2.24) is 0 Å². The van der Waals surface area contributed by atoms with Crippen LogP contribution in [0.2, 0.25) is 0 Å². The average Bonchev–Trinajstić information content (AvgIpc) is 3.45. The lowest BCUT2D eigenvalue weighted by molar-refractivity contribution is 1.60. The van der Waals surface area contributed by atoms with Crippen LogP contribution >= 0.6 is 22.7 Å². The summed E-state index contributed by atoms with van der Waals surface area (Å²) in [6.07, 6.45) is 0. The first kappa shape index (κ1) is 19.7. The first-order valence-corrected chi connectivity index (χ1v) is 13.1. The minimum Gasteiger partial charge on any atom is -0.134 e. The van der Waals surface area contributed by atoms with Gasteiger partial charge < -0.3 is 0 Å². The molecule has 0 radical (unpaired) electrons. The number of hydrogen-bond donors (Lipinski definition) is 0. The first-order chi connectivity index (χ1) is 16.8. The van der Waals surface area contributed by atoms with Gasteiger partial charge in [-0.25, -0.2) is 0 Å². The summed E-state index contributed by atoms with van der Waals surface area (Å²) < 4.78 is 5.54. The largest absolute Gasteiger partial charge is 0.134 e. The number of thiophene rings is 2. The third-order valence-corrected chi connectivity index (χ3v) is 9.03. The molecule has 0 unspecified atom stereocenters. The van der Waals surface area contributed by atoms with Gasteiger partial charge in [0.2, 0.25) is 0 Å². The van der Waals surface area contributed by atoms with E-state index in [0.29, 0.717) is 0 Å². The van der Waals surface area contributed by atoms with Crippen LogP contribution in [0, 0.1) is 0 Å². The molecule has 0 nitrogen and oxygen atoms in total. The molecule has 34 heavy (non-hydrogen) atoms. The second-order valence-corrected chi connectivity index (χ2v) is 10.7. The normalized spacial score (nSPS) is 11.5. The van der Waals surface area contributed by atoms with E-state index in [1.165, 1.54) is 63.0 Å². The zero-order valence-corrected chi connectivity index (χ0v) is 20.0. The summed E-state index contributed by atoms with van der Waals surface area (Å²) in [5, 5.41) is 2.74. The second-order valence-electron chi connectivity index (χ2n) is 8.59. The predicted octanol–water partition coefficient (Wildman–Crippen LogP) is 10.3. The van der Waals surface area contributed by atoms with Gasteiger partial charge in [-0.05, 0) is 51.6 Å². The van der Waals surface area contributed by atoms with Crippen LogP contribution in [-0.4, -0.2) is 0 Å². The van der Waals surface area contributed by atoms with Gasteiger partial charge in [0.25, 0.3) is 0 Å². The van der Waals surface area contributed by atoms with Gasteiger partial charge in [0, 0.05) is 20.2 Å². The van der Waals surface area contributed by atoms with Crippen LogP contribution in [0.15, 0.2) is 121 Å². The van der Waals surface area contributed by atoms with E-state index in [4.69, 9.17) is 0 Å². The summed E-state index contributed by atoms with van der Waals surface area (Å²) >= 11 is 3.83. The van der Waals surface area contributed by atoms with Crippen molar-refractivity contribution in [2.75, 3.05) is 0 Å². The monoisotopic (exact) mass is 468 g/mol. The van der Waals surface area contributed by atoms with E-state index in [2.05, 4.69) is 121 Å². The highest BCUT2D eigenvalue weighted by Gasteiger charge is 2.14. The van der Waals surface area contributed by atoms with Crippen LogP contribution in [0.25, 0.3) is 63.0 Å². The summed E-state index contributed by atoms with van der Waals surface area (Å²) in [5.41, 5.74) is 7.59. The zero-order chi connectivity index (χ0) is 22.5. The predicted molar refractivity (Wildman–Crippen MR) is 151 cm³/mol. The molecule has 2 heterocycles. The van der Waals surface area contributed by atoms with Crippen LogP contribution in [0.4, 0.5) is 0 Å². The number of benzene rings is 5. The molecule has 160 valence electrons. The van der Waals surface area contributed by atoms with E-state index in [0.717, 1.165) is 0 Å². The summed E-state index contributed by atoms with van der Waals surface area (Å²) in [6, 6.07) is 44.0. The molecule has 0 fully saturated rings. The van der Waals surface area contributed by atoms with Crippen LogP contribution in [0.5, 0.6) is 0 Å². The molecule has 2 aromatic heterocycles. The number of fused-ring (bicyclic) bond motifs is 5. The third kappa shape index (κ3) is 3.27. The molecule has 0 aliphatic rings. The second kappa shape index (κ2) is 7.95. The first-order valence-electron chi connectivity index (χ1n) is 11.4. The lowest BCUT2D eigenvalue weighted by Gasteiger charge is -2.05. The van der Waals surface area contributed by atoms with Crippen molar-refractivity contribution in [3.05, 3.63) is 121 Å². The van der Waals surface area contributed by atoms with Gasteiger partial charge in [0.15, 0.2) is 0 Å². The minimum absolute atomic E-state index is 1.25. The quantitative estimate of drug-likeness (QED) is 0.242. The Kier molecular flexibility index (Phi) is 4.61. The van der Waals surface area contributed by atoms with Gasteiger partial charge in [-0.15, -0.1) is 22.7 Å². The van der Waals surface area contributed by atoms with Crippen LogP contribution in [0.3, 0.4) is 0 Å². The maximum atomic E-state index is 2.36. The van der Waals surface area contributed by atoms with Crippen molar-refractivity contribution >= 4 is 52.2 Å². The van der Waals surface area contributed by atoms with Crippen molar-refractivity contribution in [1.29, 1.82) is 0 Å². The molecule has 7 aromatic rings. The van der Waals surface area contributed by atoms with E-state index in [1.54, 1.807) is 0 Å². The fraction of sp³-hybridized carbons (Fsp3) is 0. The smallest absolute Gasteiger partial charge is 0.0542 e. The molecule has 7 rings (SSSR count). The highest BCUT2D eigenvalue weighted by Crippen LogP contribution is 2.46. The van der Waals surface area contributed by atoms with Gasteiger partial charge in [0.05, 0.1) is 9.40 Å². The Hall–Kier alpha value is -3.72. The third-order valence-electron chi connectivity index (χ3n) is 6.51. The molecule has 0 saturated carbocycles. The Morgan fingerprint density at radius 2 is 0.794 bits per heavy atom. The van der Waals surface area contributed by atoms with Gasteiger partial charge in [-0.2, -0.15) is 0 Å². The molecule has 0 N–H and O–H groups in total. The summed E-state index contributed by atoms with van der Waals surface area (Å²) in [6.45, 7) is 0. The van der Waals surface area contributed by atoms with Gasteiger partial charge in [0.1, 0.15) is 0 Å². The van der Waals surface area contributed by atoms with Crippen LogP contribution in [0.1, 0.15) is 0 Å². The minimum atomic E-state index is 1.25. The van der Waals surface area contributed by atoms with E-state index in [9.17, 15) is 0 Å². The van der Waals surface area contributed by atoms with E-state index >= 15 is 0 Å². The highest BCUT2D eigenvalue weighted by molar-refractivity contribution is 7.36. The SMILES string of the molecule is c1ccc(-c2ccc(-c3ccc4c(c3)sc3c5cc(-c6ccccc6)ccc5sc43)cc2)cc1. The molecule has 0 aliphatic heterocycles. The number of hydrogen-bond acceptors (Lipinski definition) is 2. The Bertz CT molecular complexity index is 1770. The van der Waals surface area contributed by atoms with Crippen LogP contribution in [-0.2, 0) is 0 Å². The van der Waals surface area contributed by atoms with Crippen molar-refractivity contribution in [3.8, 4) is 33.4 Å². The van der Waals surface area contributed by atoms with Crippen molar-refractivity contribution in [2.24, 2.45) is 0 Å². The lowest BCUT2D eigenvalue weighted by atomic mass is 10.00. The molecule has 0 aliphatic carbocycles. The van der Waals surface area contributed by atoms with Crippen LogP contribution < -0.4 is 0 Å². The Balaban J connectivity index is 1.31. The van der Waals surface area contributed by atoms with Crippen molar-refractivity contribution < 1.29 is 0 Å². The van der Waals surface area contributed by atoms with Gasteiger partial charge >= 0.3 is 0 Å². The van der Waals surface area contributed by atoms with E-state index in [1.807, 2.05) is 22.7 Å². The van der Waals surface area contributed by atoms with Crippen molar-refractivity contribution in [2.45, 2.75) is 0 Å². The Labute approximate surface area is 206 Å². The molecule has 0 atom stereocenters. The topological polar surface area (TPSA) is 0 Å². The Morgan fingerprint density at radius 1 is 0.324 bits per heavy atom. The molecular weight excluding hydrogens is 448 g/mol. The van der Waals surface area contributed by atoms with E-state index < -0.39 is 0 Å². The lowest BCUT2D eigenvalue weighted by Crippen LogP contribution is -1.80. The van der Waals surface area contributed by atoms with Gasteiger partial charge in [-0.3, -0.25) is 0 Å². The Morgan fingerprint density at radius 3 is 1.50 bits per heavy atom. The summed E-state index contributed by atoms with van der Waals surface area (Å²) in [5.74, 6) is 0. The standard InChI is InChI=1S/C32H20S2/c1-3-7-21(8-4-1)23-11-13-24(14-12-23)26-15-17-27-30(20-26)34-32-28-19-25(22-9-5-2-6-10-22)16-18-29(28)33-31(27)32/h1-20H. The maximum absolute atomic E-state index is 2.36. The molecule has 5 aromatic carbocycles. The fourth-order valence-electron chi connectivity index (χ4n) is 4.73. The average molecular weight is 469 g/mol.